The smallest absolute Gasteiger partial charge is 0.335 e. The number of aromatic nitrogens is 2. The lowest BCUT2D eigenvalue weighted by atomic mass is 9.89. The van der Waals surface area contributed by atoms with Crippen molar-refractivity contribution in [1.29, 1.82) is 0 Å². The maximum Gasteiger partial charge on any atom is 0.335 e. The highest BCUT2D eigenvalue weighted by Gasteiger charge is 2.27. The lowest BCUT2D eigenvalue weighted by Crippen LogP contribution is -2.39. The summed E-state index contributed by atoms with van der Waals surface area (Å²) in [6.45, 7) is 4.03. The second kappa shape index (κ2) is 6.86. The molecule has 1 atom stereocenters. The Morgan fingerprint density at radius 3 is 2.88 bits per heavy atom. The van der Waals surface area contributed by atoms with Crippen LogP contribution in [0, 0.1) is 0 Å². The van der Waals surface area contributed by atoms with Gasteiger partial charge in [0.1, 0.15) is 5.69 Å². The Morgan fingerprint density at radius 2 is 2.17 bits per heavy atom. The van der Waals surface area contributed by atoms with Gasteiger partial charge < -0.3 is 10.0 Å². The third-order valence-corrected chi connectivity index (χ3v) is 4.50. The first-order chi connectivity index (χ1) is 11.6. The first-order valence-electron chi connectivity index (χ1n) is 8.24. The molecule has 2 aromatic rings. The van der Waals surface area contributed by atoms with Crippen molar-refractivity contribution >= 4 is 11.9 Å². The largest absolute Gasteiger partial charge is 0.478 e. The summed E-state index contributed by atoms with van der Waals surface area (Å²) in [6, 6.07) is 8.77. The number of rotatable bonds is 4. The fourth-order valence-electron chi connectivity index (χ4n) is 3.17. The fraction of sp³-hybridized carbons (Fsp3) is 0.389. The number of amides is 1. The summed E-state index contributed by atoms with van der Waals surface area (Å²) >= 11 is 0. The van der Waals surface area contributed by atoms with Crippen molar-refractivity contribution in [2.24, 2.45) is 0 Å². The van der Waals surface area contributed by atoms with Gasteiger partial charge in [-0.15, -0.1) is 0 Å². The number of hydrogen-bond donors (Lipinski definition) is 1. The third-order valence-electron chi connectivity index (χ3n) is 4.50. The number of carbonyl (C=O) groups is 2. The van der Waals surface area contributed by atoms with E-state index in [2.05, 4.69) is 5.10 Å². The van der Waals surface area contributed by atoms with Gasteiger partial charge in [0.2, 0.25) is 0 Å². The predicted octanol–water partition coefficient (Wildman–Crippen LogP) is 2.62. The average molecular weight is 327 g/mol. The van der Waals surface area contributed by atoms with Crippen molar-refractivity contribution in [2.75, 3.05) is 13.1 Å². The van der Waals surface area contributed by atoms with Crippen LogP contribution in [0.4, 0.5) is 0 Å². The Bertz CT molecular complexity index is 753. The van der Waals surface area contributed by atoms with Crippen LogP contribution in [0.25, 0.3) is 0 Å². The van der Waals surface area contributed by atoms with Crippen molar-refractivity contribution in [3.05, 3.63) is 53.3 Å². The Kier molecular flexibility index (Phi) is 4.64. The van der Waals surface area contributed by atoms with E-state index in [4.69, 9.17) is 5.11 Å². The predicted molar refractivity (Wildman–Crippen MR) is 89.2 cm³/mol. The molecule has 6 heteroatoms. The number of aromatic carboxylic acids is 1. The van der Waals surface area contributed by atoms with Crippen molar-refractivity contribution in [3.8, 4) is 0 Å². The Morgan fingerprint density at radius 1 is 1.33 bits per heavy atom. The molecule has 1 fully saturated rings. The number of carboxylic acid groups (broad SMARTS) is 1. The van der Waals surface area contributed by atoms with Crippen LogP contribution in [0.2, 0.25) is 0 Å². The highest BCUT2D eigenvalue weighted by atomic mass is 16.4. The van der Waals surface area contributed by atoms with Gasteiger partial charge >= 0.3 is 5.97 Å². The molecule has 0 spiro atoms. The van der Waals surface area contributed by atoms with Gasteiger partial charge in [0, 0.05) is 31.7 Å². The first-order valence-corrected chi connectivity index (χ1v) is 8.24. The maximum absolute atomic E-state index is 12.6. The first kappa shape index (κ1) is 16.2. The molecule has 1 aliphatic rings. The Hall–Kier alpha value is -2.63. The van der Waals surface area contributed by atoms with Gasteiger partial charge in [0.25, 0.3) is 5.91 Å². The highest BCUT2D eigenvalue weighted by Crippen LogP contribution is 2.28. The molecule has 1 saturated heterocycles. The third kappa shape index (κ3) is 3.32. The fourth-order valence-corrected chi connectivity index (χ4v) is 3.17. The summed E-state index contributed by atoms with van der Waals surface area (Å²) in [4.78, 5) is 25.6. The SMILES string of the molecule is CCn1ccc(C(=O)N2CCCC(c3cccc(C(=O)O)c3)C2)n1. The van der Waals surface area contributed by atoms with Gasteiger partial charge in [-0.05, 0) is 43.5 Å². The van der Waals surface area contributed by atoms with E-state index in [1.54, 1.807) is 28.9 Å². The monoisotopic (exact) mass is 327 g/mol. The van der Waals surface area contributed by atoms with Gasteiger partial charge in [-0.2, -0.15) is 5.10 Å². The minimum absolute atomic E-state index is 0.0544. The summed E-state index contributed by atoms with van der Waals surface area (Å²) in [6.07, 6.45) is 3.67. The maximum atomic E-state index is 12.6. The molecule has 24 heavy (non-hydrogen) atoms. The molecule has 0 radical (unpaired) electrons. The average Bonchev–Trinajstić information content (AvgIpc) is 3.10. The molecule has 126 valence electrons. The van der Waals surface area contributed by atoms with E-state index in [0.717, 1.165) is 24.9 Å². The molecule has 1 aromatic carbocycles. The minimum Gasteiger partial charge on any atom is -0.478 e. The molecule has 2 heterocycles. The zero-order chi connectivity index (χ0) is 17.1. The van der Waals surface area contributed by atoms with Crippen molar-refractivity contribution < 1.29 is 14.7 Å². The quantitative estimate of drug-likeness (QED) is 0.936. The lowest BCUT2D eigenvalue weighted by molar-refractivity contribution is 0.0685. The van der Waals surface area contributed by atoms with E-state index < -0.39 is 5.97 Å². The van der Waals surface area contributed by atoms with Crippen LogP contribution < -0.4 is 0 Å². The summed E-state index contributed by atoms with van der Waals surface area (Å²) in [5, 5.41) is 13.4. The second-order valence-corrected chi connectivity index (χ2v) is 6.08. The highest BCUT2D eigenvalue weighted by molar-refractivity contribution is 5.92. The van der Waals surface area contributed by atoms with E-state index in [1.807, 2.05) is 24.1 Å². The number of piperidine rings is 1. The number of likely N-dealkylation sites (tertiary alicyclic amines) is 1. The zero-order valence-corrected chi connectivity index (χ0v) is 13.7. The molecule has 0 aliphatic carbocycles. The number of carboxylic acids is 1. The van der Waals surface area contributed by atoms with Crippen LogP contribution in [0.5, 0.6) is 0 Å². The molecule has 0 saturated carbocycles. The molecule has 1 aliphatic heterocycles. The van der Waals surface area contributed by atoms with Crippen LogP contribution >= 0.6 is 0 Å². The van der Waals surface area contributed by atoms with Crippen LogP contribution in [0.1, 0.15) is 52.1 Å². The second-order valence-electron chi connectivity index (χ2n) is 6.08. The van der Waals surface area contributed by atoms with Crippen LogP contribution in [-0.2, 0) is 6.54 Å². The standard InChI is InChI=1S/C18H21N3O3/c1-2-21-10-8-16(19-21)17(22)20-9-4-7-15(12-20)13-5-3-6-14(11-13)18(23)24/h3,5-6,8,10-11,15H,2,4,7,9,12H2,1H3,(H,23,24). The molecule has 6 nitrogen and oxygen atoms in total. The van der Waals surface area contributed by atoms with Crippen molar-refractivity contribution in [3.63, 3.8) is 0 Å². The summed E-state index contributed by atoms with van der Waals surface area (Å²) in [5.74, 6) is -0.817. The van der Waals surface area contributed by atoms with Crippen LogP contribution in [0.3, 0.4) is 0 Å². The van der Waals surface area contributed by atoms with Gasteiger partial charge in [-0.25, -0.2) is 4.79 Å². The molecule has 3 rings (SSSR count). The number of benzene rings is 1. The summed E-state index contributed by atoms with van der Waals surface area (Å²) in [5.41, 5.74) is 1.74. The molecular formula is C18H21N3O3. The molecule has 1 aromatic heterocycles. The van der Waals surface area contributed by atoms with Crippen LogP contribution in [0.15, 0.2) is 36.5 Å². The summed E-state index contributed by atoms with van der Waals surface area (Å²) < 4.78 is 1.74. The molecule has 1 N–H and O–H groups in total. The van der Waals surface area contributed by atoms with Gasteiger partial charge in [0.05, 0.1) is 5.56 Å². The topological polar surface area (TPSA) is 75.4 Å². The van der Waals surface area contributed by atoms with Crippen molar-refractivity contribution in [2.45, 2.75) is 32.2 Å². The Labute approximate surface area is 140 Å². The van der Waals surface area contributed by atoms with Gasteiger partial charge in [-0.3, -0.25) is 9.48 Å². The number of carbonyl (C=O) groups excluding carboxylic acids is 1. The molecule has 1 unspecified atom stereocenters. The number of hydrogen-bond acceptors (Lipinski definition) is 3. The zero-order valence-electron chi connectivity index (χ0n) is 13.7. The van der Waals surface area contributed by atoms with E-state index in [-0.39, 0.29) is 17.4 Å². The lowest BCUT2D eigenvalue weighted by Gasteiger charge is -2.32. The van der Waals surface area contributed by atoms with E-state index >= 15 is 0 Å². The number of aryl methyl sites for hydroxylation is 1. The molecular weight excluding hydrogens is 306 g/mol. The van der Waals surface area contributed by atoms with Gasteiger partial charge in [-0.1, -0.05) is 12.1 Å². The van der Waals surface area contributed by atoms with E-state index in [1.165, 1.54) is 0 Å². The normalized spacial score (nSPS) is 17.7. The van der Waals surface area contributed by atoms with E-state index in [0.29, 0.717) is 18.8 Å². The Balaban J connectivity index is 1.75. The molecule has 1 amide bonds. The minimum atomic E-state index is -0.925. The summed E-state index contributed by atoms with van der Waals surface area (Å²) in [7, 11) is 0. The molecule has 0 bridgehead atoms. The van der Waals surface area contributed by atoms with Gasteiger partial charge in [0.15, 0.2) is 0 Å². The van der Waals surface area contributed by atoms with Crippen molar-refractivity contribution in [1.82, 2.24) is 14.7 Å². The number of nitrogens with zero attached hydrogens (tertiary/aromatic N) is 3. The van der Waals surface area contributed by atoms with Crippen LogP contribution in [-0.4, -0.2) is 44.8 Å². The van der Waals surface area contributed by atoms with E-state index in [9.17, 15) is 9.59 Å².